The summed E-state index contributed by atoms with van der Waals surface area (Å²) in [5, 5.41) is 3.71. The van der Waals surface area contributed by atoms with Crippen LogP contribution in [0.5, 0.6) is 0 Å². The van der Waals surface area contributed by atoms with E-state index in [1.165, 1.54) is 5.56 Å². The lowest BCUT2D eigenvalue weighted by Crippen LogP contribution is -2.35. The molecule has 26 heavy (non-hydrogen) atoms. The Morgan fingerprint density at radius 2 is 1.58 bits per heavy atom. The van der Waals surface area contributed by atoms with E-state index in [0.29, 0.717) is 13.0 Å². The number of nitrogens with zero attached hydrogens (tertiary/aromatic N) is 1. The van der Waals surface area contributed by atoms with Crippen LogP contribution in [-0.2, 0) is 29.0 Å². The minimum Gasteiger partial charge on any atom is -0.379 e. The van der Waals surface area contributed by atoms with Gasteiger partial charge in [0, 0.05) is 37.6 Å². The molecule has 1 saturated heterocycles. The topological polar surface area (TPSA) is 41.6 Å². The van der Waals surface area contributed by atoms with E-state index >= 15 is 0 Å². The number of rotatable bonds is 7. The SMILES string of the molecule is O=C(CCc1ccc(Cl)cc1)NCc1ccc(CN2CCOCC2)cc1. The Morgan fingerprint density at radius 3 is 2.27 bits per heavy atom. The van der Waals surface area contributed by atoms with Crippen LogP contribution < -0.4 is 5.32 Å². The van der Waals surface area contributed by atoms with Gasteiger partial charge in [0.25, 0.3) is 0 Å². The summed E-state index contributed by atoms with van der Waals surface area (Å²) in [7, 11) is 0. The van der Waals surface area contributed by atoms with E-state index in [1.54, 1.807) is 0 Å². The quantitative estimate of drug-likeness (QED) is 0.809. The molecule has 0 bridgehead atoms. The predicted octanol–water partition coefficient (Wildman–Crippen LogP) is 3.42. The number of carbonyl (C=O) groups excluding carboxylic acids is 1. The van der Waals surface area contributed by atoms with Crippen molar-refractivity contribution in [2.75, 3.05) is 26.3 Å². The third-order valence-electron chi connectivity index (χ3n) is 4.58. The number of nitrogens with one attached hydrogen (secondary N) is 1. The van der Waals surface area contributed by atoms with E-state index in [0.717, 1.165) is 55.4 Å². The van der Waals surface area contributed by atoms with Crippen LogP contribution in [0.3, 0.4) is 0 Å². The maximum absolute atomic E-state index is 12.0. The Bertz CT molecular complexity index is 695. The first-order chi connectivity index (χ1) is 12.7. The molecule has 1 N–H and O–H groups in total. The van der Waals surface area contributed by atoms with Crippen molar-refractivity contribution in [3.8, 4) is 0 Å². The fourth-order valence-corrected chi connectivity index (χ4v) is 3.10. The molecule has 3 rings (SSSR count). The van der Waals surface area contributed by atoms with Crippen molar-refractivity contribution in [3.63, 3.8) is 0 Å². The number of benzene rings is 2. The molecule has 138 valence electrons. The highest BCUT2D eigenvalue weighted by Crippen LogP contribution is 2.11. The first kappa shape index (κ1) is 18.9. The van der Waals surface area contributed by atoms with Gasteiger partial charge in [-0.05, 0) is 35.2 Å². The van der Waals surface area contributed by atoms with Gasteiger partial charge in [-0.2, -0.15) is 0 Å². The lowest BCUT2D eigenvalue weighted by Gasteiger charge is -2.26. The van der Waals surface area contributed by atoms with Crippen molar-refractivity contribution in [1.82, 2.24) is 10.2 Å². The van der Waals surface area contributed by atoms with Gasteiger partial charge in [0.05, 0.1) is 13.2 Å². The van der Waals surface area contributed by atoms with Gasteiger partial charge in [0.15, 0.2) is 0 Å². The molecule has 0 saturated carbocycles. The summed E-state index contributed by atoms with van der Waals surface area (Å²) in [5.74, 6) is 0.0670. The van der Waals surface area contributed by atoms with E-state index in [-0.39, 0.29) is 5.91 Å². The van der Waals surface area contributed by atoms with Crippen LogP contribution in [0.4, 0.5) is 0 Å². The summed E-state index contributed by atoms with van der Waals surface area (Å²) >= 11 is 5.87. The molecule has 4 nitrogen and oxygen atoms in total. The highest BCUT2D eigenvalue weighted by atomic mass is 35.5. The summed E-state index contributed by atoms with van der Waals surface area (Å²) in [6.45, 7) is 5.14. The zero-order chi connectivity index (χ0) is 18.2. The lowest BCUT2D eigenvalue weighted by molar-refractivity contribution is -0.121. The number of hydrogen-bond donors (Lipinski definition) is 1. The molecule has 0 unspecified atom stereocenters. The minimum atomic E-state index is 0.0670. The van der Waals surface area contributed by atoms with Crippen LogP contribution in [0, 0.1) is 0 Å². The fourth-order valence-electron chi connectivity index (χ4n) is 2.98. The van der Waals surface area contributed by atoms with Gasteiger partial charge in [-0.25, -0.2) is 0 Å². The second kappa shape index (κ2) is 9.72. The molecule has 0 spiro atoms. The third-order valence-corrected chi connectivity index (χ3v) is 4.83. The second-order valence-corrected chi connectivity index (χ2v) is 7.04. The van der Waals surface area contributed by atoms with Crippen molar-refractivity contribution in [2.45, 2.75) is 25.9 Å². The van der Waals surface area contributed by atoms with Crippen molar-refractivity contribution < 1.29 is 9.53 Å². The maximum atomic E-state index is 12.0. The molecule has 2 aromatic rings. The van der Waals surface area contributed by atoms with Crippen LogP contribution in [-0.4, -0.2) is 37.1 Å². The standard InChI is InChI=1S/C21H25ClN2O2/c22-20-8-5-17(6-9-20)7-10-21(25)23-15-18-1-3-19(4-2-18)16-24-11-13-26-14-12-24/h1-6,8-9H,7,10-16H2,(H,23,25). The van der Waals surface area contributed by atoms with Gasteiger partial charge < -0.3 is 10.1 Å². The number of amides is 1. The van der Waals surface area contributed by atoms with Gasteiger partial charge in [0.2, 0.25) is 5.91 Å². The van der Waals surface area contributed by atoms with E-state index < -0.39 is 0 Å². The van der Waals surface area contributed by atoms with Crippen molar-refractivity contribution in [3.05, 3.63) is 70.2 Å². The molecule has 0 atom stereocenters. The average Bonchev–Trinajstić information content (AvgIpc) is 2.68. The van der Waals surface area contributed by atoms with Crippen LogP contribution >= 0.6 is 11.6 Å². The van der Waals surface area contributed by atoms with Gasteiger partial charge in [-0.1, -0.05) is 48.0 Å². The van der Waals surface area contributed by atoms with Crippen LogP contribution in [0.15, 0.2) is 48.5 Å². The van der Waals surface area contributed by atoms with Crippen molar-refractivity contribution in [1.29, 1.82) is 0 Å². The number of morpholine rings is 1. The normalized spacial score (nSPS) is 15.0. The molecular weight excluding hydrogens is 348 g/mol. The Hall–Kier alpha value is -1.88. The summed E-state index contributed by atoms with van der Waals surface area (Å²) < 4.78 is 5.38. The number of carbonyl (C=O) groups is 1. The molecule has 1 aliphatic rings. The molecule has 5 heteroatoms. The molecule has 2 aromatic carbocycles. The highest BCUT2D eigenvalue weighted by molar-refractivity contribution is 6.30. The van der Waals surface area contributed by atoms with Crippen LogP contribution in [0.2, 0.25) is 5.02 Å². The molecule has 1 amide bonds. The monoisotopic (exact) mass is 372 g/mol. The van der Waals surface area contributed by atoms with E-state index in [9.17, 15) is 4.79 Å². The lowest BCUT2D eigenvalue weighted by atomic mass is 10.1. The van der Waals surface area contributed by atoms with Gasteiger partial charge in [-0.15, -0.1) is 0 Å². The summed E-state index contributed by atoms with van der Waals surface area (Å²) in [5.41, 5.74) is 3.54. The molecule has 0 aromatic heterocycles. The second-order valence-electron chi connectivity index (χ2n) is 6.61. The predicted molar refractivity (Wildman–Crippen MR) is 104 cm³/mol. The average molecular weight is 373 g/mol. The first-order valence-electron chi connectivity index (χ1n) is 9.08. The van der Waals surface area contributed by atoms with Crippen LogP contribution in [0.1, 0.15) is 23.1 Å². The zero-order valence-corrected chi connectivity index (χ0v) is 15.7. The smallest absolute Gasteiger partial charge is 0.220 e. The summed E-state index contributed by atoms with van der Waals surface area (Å²) in [4.78, 5) is 14.4. The number of halogens is 1. The molecular formula is C21H25ClN2O2. The number of aryl methyl sites for hydroxylation is 1. The maximum Gasteiger partial charge on any atom is 0.220 e. The Morgan fingerprint density at radius 1 is 0.962 bits per heavy atom. The van der Waals surface area contributed by atoms with E-state index in [1.807, 2.05) is 24.3 Å². The van der Waals surface area contributed by atoms with E-state index in [2.05, 4.69) is 34.5 Å². The summed E-state index contributed by atoms with van der Waals surface area (Å²) in [6, 6.07) is 16.1. The molecule has 1 heterocycles. The Labute approximate surface area is 160 Å². The highest BCUT2D eigenvalue weighted by Gasteiger charge is 2.10. The van der Waals surface area contributed by atoms with Crippen molar-refractivity contribution >= 4 is 17.5 Å². The first-order valence-corrected chi connectivity index (χ1v) is 9.46. The minimum absolute atomic E-state index is 0.0670. The molecule has 0 radical (unpaired) electrons. The fraction of sp³-hybridized carbons (Fsp3) is 0.381. The van der Waals surface area contributed by atoms with E-state index in [4.69, 9.17) is 16.3 Å². The Kier molecular flexibility index (Phi) is 7.06. The Balaban J connectivity index is 1.39. The number of hydrogen-bond acceptors (Lipinski definition) is 3. The van der Waals surface area contributed by atoms with Gasteiger partial charge in [-0.3, -0.25) is 9.69 Å². The number of ether oxygens (including phenoxy) is 1. The largest absolute Gasteiger partial charge is 0.379 e. The van der Waals surface area contributed by atoms with Gasteiger partial charge in [0.1, 0.15) is 0 Å². The van der Waals surface area contributed by atoms with Crippen molar-refractivity contribution in [2.24, 2.45) is 0 Å². The summed E-state index contributed by atoms with van der Waals surface area (Å²) in [6.07, 6.45) is 1.21. The zero-order valence-electron chi connectivity index (χ0n) is 14.9. The molecule has 0 aliphatic carbocycles. The van der Waals surface area contributed by atoms with Gasteiger partial charge >= 0.3 is 0 Å². The third kappa shape index (κ3) is 6.13. The van der Waals surface area contributed by atoms with Crippen LogP contribution in [0.25, 0.3) is 0 Å². The molecule has 1 fully saturated rings. The molecule has 1 aliphatic heterocycles.